The zero-order valence-corrected chi connectivity index (χ0v) is 19.4. The van der Waals surface area contributed by atoms with E-state index >= 15 is 0 Å². The molecule has 0 radical (unpaired) electrons. The third kappa shape index (κ3) is 5.97. The smallest absolute Gasteiger partial charge is 0.303 e. The molecule has 1 aliphatic heterocycles. The minimum atomic E-state index is -0.872. The molecular formula is C29H30O6. The van der Waals surface area contributed by atoms with Crippen LogP contribution in [0.4, 0.5) is 0 Å². The molecule has 3 aromatic carbocycles. The second-order valence-corrected chi connectivity index (χ2v) is 9.11. The monoisotopic (exact) mass is 474 g/mol. The molecule has 0 aromatic heterocycles. The topological polar surface area (TPSA) is 77.5 Å². The van der Waals surface area contributed by atoms with Gasteiger partial charge in [0, 0.05) is 5.92 Å². The van der Waals surface area contributed by atoms with Crippen LogP contribution < -0.4 is 0 Å². The summed E-state index contributed by atoms with van der Waals surface area (Å²) < 4.78 is 25.3. The molecule has 1 saturated heterocycles. The lowest BCUT2D eigenvalue weighted by Crippen LogP contribution is -2.54. The van der Waals surface area contributed by atoms with Crippen LogP contribution in [0.2, 0.25) is 0 Å². The molecule has 1 N–H and O–H groups in total. The fourth-order valence-corrected chi connectivity index (χ4v) is 4.88. The second-order valence-electron chi connectivity index (χ2n) is 9.11. The van der Waals surface area contributed by atoms with E-state index in [1.807, 2.05) is 91.0 Å². The van der Waals surface area contributed by atoms with E-state index < -0.39 is 18.2 Å². The van der Waals surface area contributed by atoms with Crippen LogP contribution in [-0.2, 0) is 43.6 Å². The number of benzene rings is 3. The number of aliphatic carboxylic acids is 1. The van der Waals surface area contributed by atoms with Crippen LogP contribution in [0.1, 0.15) is 23.1 Å². The molecule has 0 unspecified atom stereocenters. The van der Waals surface area contributed by atoms with Crippen molar-refractivity contribution < 1.29 is 28.8 Å². The lowest BCUT2D eigenvalue weighted by molar-refractivity contribution is -0.182. The highest BCUT2D eigenvalue weighted by molar-refractivity contribution is 5.67. The zero-order valence-electron chi connectivity index (χ0n) is 19.4. The van der Waals surface area contributed by atoms with Gasteiger partial charge in [0.15, 0.2) is 0 Å². The number of carbonyl (C=O) groups is 1. The van der Waals surface area contributed by atoms with Crippen LogP contribution in [-0.4, -0.2) is 41.6 Å². The Hall–Kier alpha value is -3.03. The van der Waals surface area contributed by atoms with Gasteiger partial charge in [0.25, 0.3) is 0 Å². The first-order valence-electron chi connectivity index (χ1n) is 12.0. The average Bonchev–Trinajstić information content (AvgIpc) is 3.69. The molecule has 1 heterocycles. The van der Waals surface area contributed by atoms with Gasteiger partial charge < -0.3 is 24.1 Å². The Bertz CT molecular complexity index is 1070. The van der Waals surface area contributed by atoms with Crippen molar-refractivity contribution in [2.75, 3.05) is 0 Å². The Morgan fingerprint density at radius 1 is 0.629 bits per heavy atom. The molecule has 0 amide bonds. The van der Waals surface area contributed by atoms with Gasteiger partial charge in [-0.2, -0.15) is 0 Å². The molecule has 35 heavy (non-hydrogen) atoms. The third-order valence-electron chi connectivity index (χ3n) is 6.64. The molecule has 6 nitrogen and oxygen atoms in total. The maximum absolute atomic E-state index is 11.7. The number of epoxide rings is 1. The summed E-state index contributed by atoms with van der Waals surface area (Å²) in [5.74, 6) is -1.19. The van der Waals surface area contributed by atoms with E-state index in [-0.39, 0.29) is 30.7 Å². The Balaban J connectivity index is 1.39. The number of rotatable bonds is 11. The molecule has 1 aliphatic carbocycles. The Labute approximate surface area is 205 Å². The molecule has 3 aromatic rings. The van der Waals surface area contributed by atoms with Gasteiger partial charge in [0.1, 0.15) is 18.3 Å². The molecule has 1 saturated carbocycles. The molecule has 2 aliphatic rings. The average molecular weight is 475 g/mol. The largest absolute Gasteiger partial charge is 0.481 e. The van der Waals surface area contributed by atoms with Gasteiger partial charge in [-0.15, -0.1) is 0 Å². The first-order valence-corrected chi connectivity index (χ1v) is 12.0. The van der Waals surface area contributed by atoms with Crippen molar-refractivity contribution in [3.05, 3.63) is 108 Å². The Morgan fingerprint density at radius 3 is 1.51 bits per heavy atom. The lowest BCUT2D eigenvalue weighted by atomic mass is 9.80. The predicted octanol–water partition coefficient (Wildman–Crippen LogP) is 4.61. The van der Waals surface area contributed by atoms with Gasteiger partial charge >= 0.3 is 5.97 Å². The van der Waals surface area contributed by atoms with E-state index in [4.69, 9.17) is 18.9 Å². The van der Waals surface area contributed by atoms with Gasteiger partial charge in [-0.05, 0) is 16.7 Å². The summed E-state index contributed by atoms with van der Waals surface area (Å²) in [6, 6.07) is 29.8. The van der Waals surface area contributed by atoms with Crippen molar-refractivity contribution in [3.63, 3.8) is 0 Å². The first kappa shape index (κ1) is 23.7. The molecular weight excluding hydrogens is 444 g/mol. The quantitative estimate of drug-likeness (QED) is 0.409. The van der Waals surface area contributed by atoms with Crippen LogP contribution in [0.5, 0.6) is 0 Å². The van der Waals surface area contributed by atoms with Crippen molar-refractivity contribution in [3.8, 4) is 0 Å². The number of hydrogen-bond acceptors (Lipinski definition) is 5. The summed E-state index contributed by atoms with van der Waals surface area (Å²) in [5, 5.41) is 9.63. The van der Waals surface area contributed by atoms with Crippen molar-refractivity contribution in [2.24, 2.45) is 5.92 Å². The zero-order chi connectivity index (χ0) is 24.0. The normalized spacial score (nSPS) is 27.2. The van der Waals surface area contributed by atoms with Gasteiger partial charge in [-0.25, -0.2) is 0 Å². The molecule has 5 rings (SSSR count). The maximum Gasteiger partial charge on any atom is 0.303 e. The van der Waals surface area contributed by atoms with E-state index in [1.54, 1.807) is 0 Å². The van der Waals surface area contributed by atoms with Gasteiger partial charge in [0.2, 0.25) is 0 Å². The van der Waals surface area contributed by atoms with E-state index in [2.05, 4.69) is 0 Å². The summed E-state index contributed by atoms with van der Waals surface area (Å²) in [6.07, 6.45) is -1.80. The van der Waals surface area contributed by atoms with E-state index in [0.29, 0.717) is 19.8 Å². The van der Waals surface area contributed by atoms with Crippen LogP contribution in [0, 0.1) is 5.92 Å². The molecule has 2 fully saturated rings. The number of carboxylic acid groups (broad SMARTS) is 1. The first-order chi connectivity index (χ1) is 17.2. The van der Waals surface area contributed by atoms with Crippen molar-refractivity contribution in [1.82, 2.24) is 0 Å². The Kier molecular flexibility index (Phi) is 7.54. The van der Waals surface area contributed by atoms with Crippen molar-refractivity contribution in [2.45, 2.75) is 56.8 Å². The fourth-order valence-electron chi connectivity index (χ4n) is 4.88. The summed E-state index contributed by atoms with van der Waals surface area (Å²) in [6.45, 7) is 1.15. The van der Waals surface area contributed by atoms with E-state index in [9.17, 15) is 9.90 Å². The minimum absolute atomic E-state index is 0.0444. The summed E-state index contributed by atoms with van der Waals surface area (Å²) >= 11 is 0. The van der Waals surface area contributed by atoms with Crippen molar-refractivity contribution in [1.29, 1.82) is 0 Å². The molecule has 0 spiro atoms. The highest BCUT2D eigenvalue weighted by Gasteiger charge is 2.62. The number of hydrogen-bond donors (Lipinski definition) is 1. The molecule has 6 atom stereocenters. The highest BCUT2D eigenvalue weighted by Crippen LogP contribution is 2.46. The van der Waals surface area contributed by atoms with E-state index in [0.717, 1.165) is 16.7 Å². The molecule has 6 heteroatoms. The molecule has 182 valence electrons. The van der Waals surface area contributed by atoms with Gasteiger partial charge in [-0.1, -0.05) is 91.0 Å². The van der Waals surface area contributed by atoms with Gasteiger partial charge in [-0.3, -0.25) is 4.79 Å². The number of ether oxygens (including phenoxy) is 4. The summed E-state index contributed by atoms with van der Waals surface area (Å²) in [7, 11) is 0. The lowest BCUT2D eigenvalue weighted by Gasteiger charge is -2.39. The van der Waals surface area contributed by atoms with Crippen LogP contribution in [0.25, 0.3) is 0 Å². The third-order valence-corrected chi connectivity index (χ3v) is 6.64. The second kappa shape index (κ2) is 11.1. The summed E-state index contributed by atoms with van der Waals surface area (Å²) in [5.41, 5.74) is 3.11. The number of carboxylic acids is 1. The van der Waals surface area contributed by atoms with Gasteiger partial charge in [0.05, 0.1) is 38.4 Å². The van der Waals surface area contributed by atoms with Crippen LogP contribution in [0.15, 0.2) is 91.0 Å². The predicted molar refractivity (Wildman–Crippen MR) is 129 cm³/mol. The number of fused-ring (bicyclic) bond motifs is 1. The fraction of sp³-hybridized carbons (Fsp3) is 0.345. The molecule has 0 bridgehead atoms. The minimum Gasteiger partial charge on any atom is -0.481 e. The van der Waals surface area contributed by atoms with Crippen LogP contribution in [0.3, 0.4) is 0 Å². The standard InChI is InChI=1S/C29H30O6/c30-24(31)16-23-25(32-17-20-10-4-1-5-11-20)27(33-18-21-12-6-2-7-13-21)28(29-26(23)35-29)34-19-22-14-8-3-9-15-22/h1-15,23,25-29H,16-19H2,(H,30,31)/t23-,25-,26-,27+,28-,29-/m1/s1. The van der Waals surface area contributed by atoms with Crippen molar-refractivity contribution >= 4 is 5.97 Å². The SMILES string of the molecule is O=C(O)C[C@@H]1[C@@H](OCc2ccccc2)[C@H](OCc2ccccc2)[C@@H](OCc2ccccc2)[C@@H]2O[C@H]12. The Morgan fingerprint density at radius 2 is 1.06 bits per heavy atom. The highest BCUT2D eigenvalue weighted by atomic mass is 16.6. The van der Waals surface area contributed by atoms with Crippen LogP contribution >= 0.6 is 0 Å². The van der Waals surface area contributed by atoms with E-state index in [1.165, 1.54) is 0 Å². The summed E-state index contributed by atoms with van der Waals surface area (Å²) in [4.78, 5) is 11.7. The maximum atomic E-state index is 11.7.